The summed E-state index contributed by atoms with van der Waals surface area (Å²) in [6.45, 7) is 1.84. The Bertz CT molecular complexity index is 548. The van der Waals surface area contributed by atoms with E-state index in [0.717, 1.165) is 24.8 Å². The molecule has 1 saturated carbocycles. The first kappa shape index (κ1) is 16.0. The fourth-order valence-corrected chi connectivity index (χ4v) is 3.45. The molecule has 0 amide bonds. The SMILES string of the molecule is COc1c(C2(C(=O)O)CCCCC2)cc(Cl)c(C)c1OC. The number of hydrogen-bond donors (Lipinski definition) is 1. The van der Waals surface area contributed by atoms with E-state index in [1.165, 1.54) is 7.11 Å². The van der Waals surface area contributed by atoms with Crippen LogP contribution in [0.1, 0.15) is 43.2 Å². The molecule has 1 aromatic carbocycles. The molecule has 2 rings (SSSR count). The van der Waals surface area contributed by atoms with E-state index in [9.17, 15) is 9.90 Å². The van der Waals surface area contributed by atoms with Crippen molar-refractivity contribution < 1.29 is 19.4 Å². The number of ether oxygens (including phenoxy) is 2. The molecule has 1 fully saturated rings. The van der Waals surface area contributed by atoms with Gasteiger partial charge in [0.25, 0.3) is 0 Å². The van der Waals surface area contributed by atoms with Crippen molar-refractivity contribution in [2.24, 2.45) is 0 Å². The van der Waals surface area contributed by atoms with Crippen molar-refractivity contribution in [3.8, 4) is 11.5 Å². The maximum atomic E-state index is 12.0. The number of aliphatic carboxylic acids is 1. The van der Waals surface area contributed by atoms with E-state index in [1.807, 2.05) is 6.92 Å². The van der Waals surface area contributed by atoms with Crippen LogP contribution in [0.5, 0.6) is 11.5 Å². The molecule has 1 aromatic rings. The van der Waals surface area contributed by atoms with Gasteiger partial charge in [-0.15, -0.1) is 0 Å². The fourth-order valence-electron chi connectivity index (χ4n) is 3.26. The zero-order chi connectivity index (χ0) is 15.6. The molecule has 0 heterocycles. The number of carbonyl (C=O) groups is 1. The second-order valence-electron chi connectivity index (χ2n) is 5.55. The monoisotopic (exact) mass is 312 g/mol. The fraction of sp³-hybridized carbons (Fsp3) is 0.562. The van der Waals surface area contributed by atoms with Gasteiger partial charge >= 0.3 is 5.97 Å². The predicted octanol–water partition coefficient (Wildman–Crippen LogP) is 3.95. The highest BCUT2D eigenvalue weighted by Crippen LogP contribution is 2.49. The third-order valence-electron chi connectivity index (χ3n) is 4.46. The van der Waals surface area contributed by atoms with E-state index in [1.54, 1.807) is 13.2 Å². The summed E-state index contributed by atoms with van der Waals surface area (Å²) < 4.78 is 10.9. The lowest BCUT2D eigenvalue weighted by atomic mass is 9.69. The van der Waals surface area contributed by atoms with Gasteiger partial charge in [0.05, 0.1) is 19.6 Å². The second-order valence-corrected chi connectivity index (χ2v) is 5.95. The molecule has 21 heavy (non-hydrogen) atoms. The van der Waals surface area contributed by atoms with Gasteiger partial charge in [0.2, 0.25) is 0 Å². The Morgan fingerprint density at radius 2 is 1.76 bits per heavy atom. The normalized spacial score (nSPS) is 17.3. The van der Waals surface area contributed by atoms with Crippen LogP contribution in [0.25, 0.3) is 0 Å². The summed E-state index contributed by atoms with van der Waals surface area (Å²) in [5.74, 6) is 0.192. The van der Waals surface area contributed by atoms with E-state index in [2.05, 4.69) is 0 Å². The van der Waals surface area contributed by atoms with Gasteiger partial charge in [-0.05, 0) is 25.8 Å². The summed E-state index contributed by atoms with van der Waals surface area (Å²) in [7, 11) is 3.08. The van der Waals surface area contributed by atoms with Crippen LogP contribution in [-0.4, -0.2) is 25.3 Å². The number of carboxylic acid groups (broad SMARTS) is 1. The average molecular weight is 313 g/mol. The molecule has 5 heteroatoms. The van der Waals surface area contributed by atoms with E-state index < -0.39 is 11.4 Å². The van der Waals surface area contributed by atoms with Crippen LogP contribution in [-0.2, 0) is 10.2 Å². The number of benzene rings is 1. The summed E-state index contributed by atoms with van der Waals surface area (Å²) in [6, 6.07) is 1.73. The molecular weight excluding hydrogens is 292 g/mol. The molecule has 0 saturated heterocycles. The van der Waals surface area contributed by atoms with E-state index in [-0.39, 0.29) is 0 Å². The summed E-state index contributed by atoms with van der Waals surface area (Å²) in [5, 5.41) is 10.4. The highest BCUT2D eigenvalue weighted by Gasteiger charge is 2.44. The molecule has 0 spiro atoms. The summed E-state index contributed by atoms with van der Waals surface area (Å²) in [4.78, 5) is 12.0. The van der Waals surface area contributed by atoms with Gasteiger partial charge in [-0.1, -0.05) is 30.9 Å². The Labute approximate surface area is 130 Å². The van der Waals surface area contributed by atoms with Crippen LogP contribution < -0.4 is 9.47 Å². The number of methoxy groups -OCH3 is 2. The van der Waals surface area contributed by atoms with Crippen LogP contribution in [0.15, 0.2) is 6.07 Å². The van der Waals surface area contributed by atoms with Crippen molar-refractivity contribution in [3.63, 3.8) is 0 Å². The quantitative estimate of drug-likeness (QED) is 0.914. The summed E-state index contributed by atoms with van der Waals surface area (Å²) in [6.07, 6.45) is 4.04. The summed E-state index contributed by atoms with van der Waals surface area (Å²) >= 11 is 6.28. The van der Waals surface area contributed by atoms with Gasteiger partial charge in [0.1, 0.15) is 0 Å². The topological polar surface area (TPSA) is 55.8 Å². The third-order valence-corrected chi connectivity index (χ3v) is 4.85. The molecule has 0 unspecified atom stereocenters. The first-order valence-corrected chi connectivity index (χ1v) is 7.50. The zero-order valence-corrected chi connectivity index (χ0v) is 13.4. The van der Waals surface area contributed by atoms with Crippen molar-refractivity contribution >= 4 is 17.6 Å². The Kier molecular flexibility index (Phi) is 4.67. The van der Waals surface area contributed by atoms with Gasteiger partial charge in [0, 0.05) is 16.1 Å². The van der Waals surface area contributed by atoms with Crippen molar-refractivity contribution in [2.45, 2.75) is 44.4 Å². The molecular formula is C16H21ClO4. The Morgan fingerprint density at radius 1 is 1.19 bits per heavy atom. The molecule has 1 N–H and O–H groups in total. The third kappa shape index (κ3) is 2.57. The smallest absolute Gasteiger partial charge is 0.314 e. The van der Waals surface area contributed by atoms with Gasteiger partial charge in [-0.25, -0.2) is 0 Å². The van der Waals surface area contributed by atoms with E-state index in [4.69, 9.17) is 21.1 Å². The van der Waals surface area contributed by atoms with Crippen molar-refractivity contribution in [2.75, 3.05) is 14.2 Å². The minimum absolute atomic E-state index is 0.490. The number of hydrogen-bond acceptors (Lipinski definition) is 3. The van der Waals surface area contributed by atoms with Crippen molar-refractivity contribution in [3.05, 3.63) is 22.2 Å². The van der Waals surface area contributed by atoms with Crippen LogP contribution in [0.4, 0.5) is 0 Å². The molecule has 4 nitrogen and oxygen atoms in total. The molecule has 0 bridgehead atoms. The van der Waals surface area contributed by atoms with Crippen molar-refractivity contribution in [1.29, 1.82) is 0 Å². The van der Waals surface area contributed by atoms with Crippen LogP contribution in [0.2, 0.25) is 5.02 Å². The van der Waals surface area contributed by atoms with Gasteiger partial charge in [-0.2, -0.15) is 0 Å². The Hall–Kier alpha value is -1.42. The molecule has 0 atom stereocenters. The minimum Gasteiger partial charge on any atom is -0.493 e. The van der Waals surface area contributed by atoms with Crippen LogP contribution in [0.3, 0.4) is 0 Å². The van der Waals surface area contributed by atoms with Crippen molar-refractivity contribution in [1.82, 2.24) is 0 Å². The van der Waals surface area contributed by atoms with Gasteiger partial charge in [-0.3, -0.25) is 4.79 Å². The lowest BCUT2D eigenvalue weighted by molar-refractivity contribution is -0.145. The van der Waals surface area contributed by atoms with Gasteiger partial charge < -0.3 is 14.6 Å². The molecule has 0 aliphatic heterocycles. The minimum atomic E-state index is -0.936. The average Bonchev–Trinajstić information content (AvgIpc) is 2.49. The van der Waals surface area contributed by atoms with E-state index in [0.29, 0.717) is 34.9 Å². The predicted molar refractivity (Wildman–Crippen MR) is 81.7 cm³/mol. The zero-order valence-electron chi connectivity index (χ0n) is 12.7. The molecule has 1 aliphatic carbocycles. The molecule has 0 aromatic heterocycles. The largest absolute Gasteiger partial charge is 0.493 e. The lowest BCUT2D eigenvalue weighted by Gasteiger charge is -2.35. The lowest BCUT2D eigenvalue weighted by Crippen LogP contribution is -2.38. The number of halogens is 1. The number of rotatable bonds is 4. The van der Waals surface area contributed by atoms with E-state index >= 15 is 0 Å². The standard InChI is InChI=1S/C16H21ClO4/c1-10-12(17)9-11(14(21-3)13(10)20-2)16(15(18)19)7-5-4-6-8-16/h9H,4-8H2,1-3H3,(H,18,19). The first-order valence-electron chi connectivity index (χ1n) is 7.13. The molecule has 0 radical (unpaired) electrons. The Balaban J connectivity index is 2.71. The maximum absolute atomic E-state index is 12.0. The second kappa shape index (κ2) is 6.14. The Morgan fingerprint density at radius 3 is 2.24 bits per heavy atom. The summed E-state index contributed by atoms with van der Waals surface area (Å²) in [5.41, 5.74) is 0.453. The first-order chi connectivity index (χ1) is 9.97. The van der Waals surface area contributed by atoms with Crippen LogP contribution >= 0.6 is 11.6 Å². The number of carboxylic acids is 1. The highest BCUT2D eigenvalue weighted by atomic mass is 35.5. The highest BCUT2D eigenvalue weighted by molar-refractivity contribution is 6.31. The van der Waals surface area contributed by atoms with Crippen LogP contribution in [0, 0.1) is 6.92 Å². The van der Waals surface area contributed by atoms with Gasteiger partial charge in [0.15, 0.2) is 11.5 Å². The maximum Gasteiger partial charge on any atom is 0.314 e. The molecule has 116 valence electrons. The molecule has 1 aliphatic rings.